The molecule has 8 heteroatoms. The number of amides is 1. The van der Waals surface area contributed by atoms with Crippen molar-refractivity contribution in [3.63, 3.8) is 0 Å². The number of anilines is 1. The smallest absolute Gasteiger partial charge is 0.265 e. The maximum Gasteiger partial charge on any atom is 0.265 e. The summed E-state index contributed by atoms with van der Waals surface area (Å²) in [6.45, 7) is 1.56. The van der Waals surface area contributed by atoms with Crippen LogP contribution in [0.3, 0.4) is 0 Å². The maximum atomic E-state index is 12.8. The summed E-state index contributed by atoms with van der Waals surface area (Å²) in [6, 6.07) is 10.8. The van der Waals surface area contributed by atoms with Crippen LogP contribution in [0.2, 0.25) is 0 Å². The number of hydrogen-bond acceptors (Lipinski definition) is 4. The van der Waals surface area contributed by atoms with E-state index in [4.69, 9.17) is 0 Å². The van der Waals surface area contributed by atoms with Gasteiger partial charge in [-0.2, -0.15) is 0 Å². The molecular weight excluding hydrogens is 362 g/mol. The summed E-state index contributed by atoms with van der Waals surface area (Å²) in [7, 11) is -3.67. The number of halogens is 1. The van der Waals surface area contributed by atoms with Gasteiger partial charge >= 0.3 is 0 Å². The van der Waals surface area contributed by atoms with Gasteiger partial charge < -0.3 is 10.6 Å². The van der Waals surface area contributed by atoms with Crippen LogP contribution in [0.15, 0.2) is 41.3 Å². The van der Waals surface area contributed by atoms with E-state index in [1.807, 2.05) is 18.2 Å². The van der Waals surface area contributed by atoms with Crippen LogP contribution in [0.1, 0.15) is 12.8 Å². The Kier molecular flexibility index (Phi) is 4.90. The first kappa shape index (κ1) is 18.0. The summed E-state index contributed by atoms with van der Waals surface area (Å²) in [5, 5.41) is 7.77. The molecule has 2 aromatic rings. The van der Waals surface area contributed by atoms with Crippen molar-refractivity contribution < 1.29 is 13.2 Å². The summed E-state index contributed by atoms with van der Waals surface area (Å²) in [6.07, 6.45) is 1.74. The molecule has 2 aromatic carbocycles. The third-order valence-corrected chi connectivity index (χ3v) is 6.47. The van der Waals surface area contributed by atoms with E-state index in [-0.39, 0.29) is 35.8 Å². The number of rotatable bonds is 3. The molecule has 2 heterocycles. The van der Waals surface area contributed by atoms with Crippen LogP contribution in [0.4, 0.5) is 5.69 Å². The average Bonchev–Trinajstić information content (AvgIpc) is 2.79. The third-order valence-electron chi connectivity index (χ3n) is 4.67. The Labute approximate surface area is 153 Å². The predicted octanol–water partition coefficient (Wildman–Crippen LogP) is 1.64. The molecule has 4 rings (SSSR count). The molecule has 2 N–H and O–H groups in total. The second-order valence-electron chi connectivity index (χ2n) is 6.23. The van der Waals surface area contributed by atoms with Gasteiger partial charge in [0.05, 0.1) is 10.6 Å². The quantitative estimate of drug-likeness (QED) is 0.847. The molecule has 1 fully saturated rings. The van der Waals surface area contributed by atoms with E-state index in [1.165, 1.54) is 4.31 Å². The van der Waals surface area contributed by atoms with Crippen molar-refractivity contribution in [2.75, 3.05) is 23.9 Å². The summed E-state index contributed by atoms with van der Waals surface area (Å²) in [5.41, 5.74) is 0.587. The highest BCUT2D eigenvalue weighted by Crippen LogP contribution is 2.41. The summed E-state index contributed by atoms with van der Waals surface area (Å²) in [4.78, 5) is 12.7. The lowest BCUT2D eigenvalue weighted by Gasteiger charge is -2.25. The number of benzene rings is 2. The Morgan fingerprint density at radius 2 is 1.84 bits per heavy atom. The number of nitrogens with zero attached hydrogens (tertiary/aromatic N) is 1. The Morgan fingerprint density at radius 3 is 2.56 bits per heavy atom. The molecule has 6 nitrogen and oxygen atoms in total. The Morgan fingerprint density at radius 1 is 1.16 bits per heavy atom. The molecule has 0 bridgehead atoms. The molecular formula is C17H20ClN3O3S. The highest BCUT2D eigenvalue weighted by molar-refractivity contribution is 7.93. The molecule has 0 atom stereocenters. The van der Waals surface area contributed by atoms with Crippen LogP contribution in [0, 0.1) is 0 Å². The number of carbonyl (C=O) groups is 1. The van der Waals surface area contributed by atoms with Crippen LogP contribution in [0.5, 0.6) is 0 Å². The summed E-state index contributed by atoms with van der Waals surface area (Å²) < 4.78 is 26.9. The highest BCUT2D eigenvalue weighted by Gasteiger charge is 2.36. The molecule has 1 saturated heterocycles. The number of hydrogen-bond donors (Lipinski definition) is 2. The maximum absolute atomic E-state index is 12.8. The molecule has 2 aliphatic rings. The predicted molar refractivity (Wildman–Crippen MR) is 99.8 cm³/mol. The third kappa shape index (κ3) is 3.07. The van der Waals surface area contributed by atoms with Gasteiger partial charge in [0.2, 0.25) is 5.91 Å². The van der Waals surface area contributed by atoms with E-state index in [1.54, 1.807) is 18.2 Å². The van der Waals surface area contributed by atoms with Gasteiger partial charge in [0.1, 0.15) is 6.54 Å². The lowest BCUT2D eigenvalue weighted by atomic mass is 10.1. The standard InChI is InChI=1S/C17H19N3O3S.ClH/c21-16(19-13-7-9-18-10-8-13)11-20-14-5-1-3-12-4-2-6-15(17(12)14)24(20,22)23;/h1-6,13,18H,7-11H2,(H,19,21);1H. The second kappa shape index (κ2) is 6.82. The topological polar surface area (TPSA) is 78.5 Å². The van der Waals surface area contributed by atoms with Crippen molar-refractivity contribution in [2.24, 2.45) is 0 Å². The van der Waals surface area contributed by atoms with E-state index < -0.39 is 10.0 Å². The van der Waals surface area contributed by atoms with Crippen molar-refractivity contribution >= 4 is 44.8 Å². The van der Waals surface area contributed by atoms with Gasteiger partial charge in [0, 0.05) is 11.4 Å². The lowest BCUT2D eigenvalue weighted by molar-refractivity contribution is -0.120. The minimum absolute atomic E-state index is 0. The molecule has 0 saturated carbocycles. The van der Waals surface area contributed by atoms with Crippen molar-refractivity contribution in [1.82, 2.24) is 10.6 Å². The first-order valence-corrected chi connectivity index (χ1v) is 9.56. The van der Waals surface area contributed by atoms with Crippen molar-refractivity contribution in [3.05, 3.63) is 36.4 Å². The van der Waals surface area contributed by atoms with Crippen molar-refractivity contribution in [1.29, 1.82) is 0 Å². The van der Waals surface area contributed by atoms with Gasteiger partial charge in [0.15, 0.2) is 0 Å². The molecule has 0 spiro atoms. The Hall–Kier alpha value is -1.83. The van der Waals surface area contributed by atoms with Gasteiger partial charge in [-0.15, -0.1) is 12.4 Å². The van der Waals surface area contributed by atoms with Gasteiger partial charge in [-0.3, -0.25) is 9.10 Å². The van der Waals surface area contributed by atoms with Crippen LogP contribution < -0.4 is 14.9 Å². The van der Waals surface area contributed by atoms with Gasteiger partial charge in [-0.25, -0.2) is 8.42 Å². The molecule has 0 aliphatic carbocycles. The van der Waals surface area contributed by atoms with Crippen LogP contribution in [-0.2, 0) is 14.8 Å². The van der Waals surface area contributed by atoms with Crippen molar-refractivity contribution in [2.45, 2.75) is 23.8 Å². The van der Waals surface area contributed by atoms with Crippen molar-refractivity contribution in [3.8, 4) is 0 Å². The summed E-state index contributed by atoms with van der Waals surface area (Å²) >= 11 is 0. The number of nitrogens with one attached hydrogen (secondary N) is 2. The van der Waals surface area contributed by atoms with Crippen LogP contribution in [-0.4, -0.2) is 40.0 Å². The fourth-order valence-electron chi connectivity index (χ4n) is 3.50. The minimum Gasteiger partial charge on any atom is -0.352 e. The molecule has 0 radical (unpaired) electrons. The first-order chi connectivity index (χ1) is 11.6. The van der Waals surface area contributed by atoms with Crippen LogP contribution >= 0.6 is 12.4 Å². The zero-order valence-corrected chi connectivity index (χ0v) is 15.2. The Bertz CT molecular complexity index is 905. The lowest BCUT2D eigenvalue weighted by Crippen LogP contribution is -2.47. The van der Waals surface area contributed by atoms with Gasteiger partial charge in [-0.1, -0.05) is 24.3 Å². The minimum atomic E-state index is -3.67. The van der Waals surface area contributed by atoms with E-state index in [0.717, 1.165) is 31.3 Å². The molecule has 1 amide bonds. The monoisotopic (exact) mass is 381 g/mol. The number of carbonyl (C=O) groups excluding carboxylic acids is 1. The summed E-state index contributed by atoms with van der Waals surface area (Å²) in [5.74, 6) is -0.254. The molecule has 25 heavy (non-hydrogen) atoms. The number of piperidine rings is 1. The largest absolute Gasteiger partial charge is 0.352 e. The fraction of sp³-hybridized carbons (Fsp3) is 0.353. The Balaban J connectivity index is 0.00000182. The molecule has 0 unspecified atom stereocenters. The zero-order chi connectivity index (χ0) is 16.7. The zero-order valence-electron chi connectivity index (χ0n) is 13.6. The first-order valence-electron chi connectivity index (χ1n) is 8.12. The van der Waals surface area contributed by atoms with Gasteiger partial charge in [0.25, 0.3) is 10.0 Å². The number of sulfonamides is 1. The van der Waals surface area contributed by atoms with E-state index in [0.29, 0.717) is 11.1 Å². The van der Waals surface area contributed by atoms with E-state index in [2.05, 4.69) is 10.6 Å². The normalized spacial score (nSPS) is 18.8. The molecule has 2 aliphatic heterocycles. The van der Waals surface area contributed by atoms with E-state index >= 15 is 0 Å². The average molecular weight is 382 g/mol. The molecule has 134 valence electrons. The SMILES string of the molecule is Cl.O=C(CN1c2cccc3cccc(c23)S1(=O)=O)NC1CCNCC1. The molecule has 0 aromatic heterocycles. The van der Waals surface area contributed by atoms with Gasteiger partial charge in [-0.05, 0) is 43.5 Å². The van der Waals surface area contributed by atoms with Crippen LogP contribution in [0.25, 0.3) is 10.8 Å². The second-order valence-corrected chi connectivity index (χ2v) is 8.07. The fourth-order valence-corrected chi connectivity index (χ4v) is 5.17. The highest BCUT2D eigenvalue weighted by atomic mass is 35.5. The van der Waals surface area contributed by atoms with E-state index in [9.17, 15) is 13.2 Å².